The highest BCUT2D eigenvalue weighted by atomic mass is 35.5. The molecule has 0 aliphatic heterocycles. The first-order valence-electron chi connectivity index (χ1n) is 6.94. The van der Waals surface area contributed by atoms with Crippen LogP contribution in [0, 0.1) is 13.8 Å². The van der Waals surface area contributed by atoms with E-state index in [1.54, 1.807) is 16.8 Å². The molecule has 0 saturated carbocycles. The molecule has 0 fully saturated rings. The van der Waals surface area contributed by atoms with Gasteiger partial charge in [-0.05, 0) is 45.9 Å². The summed E-state index contributed by atoms with van der Waals surface area (Å²) in [5, 5.41) is 7.38. The molecule has 3 N–H and O–H groups in total. The minimum atomic E-state index is -0.505. The Bertz CT molecular complexity index is 706. The topological polar surface area (TPSA) is 85.8 Å². The molecule has 2 aromatic heterocycles. The summed E-state index contributed by atoms with van der Waals surface area (Å²) >= 11 is 6.09. The number of nitrogens with two attached hydrogens (primary N) is 1. The number of pyridine rings is 1. The zero-order chi connectivity index (χ0) is 16.5. The molecule has 0 atom stereocenters. The first-order chi connectivity index (χ1) is 10.2. The summed E-state index contributed by atoms with van der Waals surface area (Å²) in [6, 6.07) is 5.31. The highest BCUT2D eigenvalue weighted by molar-refractivity contribution is 6.33. The number of halogens is 2. The van der Waals surface area contributed by atoms with E-state index >= 15 is 0 Å². The first-order valence-corrected chi connectivity index (χ1v) is 7.32. The molecule has 0 unspecified atom stereocenters. The summed E-state index contributed by atoms with van der Waals surface area (Å²) in [6.07, 6.45) is 0. The maximum Gasteiger partial charge on any atom is 0.271 e. The van der Waals surface area contributed by atoms with Gasteiger partial charge in [0.1, 0.15) is 5.69 Å². The molecule has 0 bridgehead atoms. The number of hydrogen-bond acceptors (Lipinski definition) is 4. The van der Waals surface area contributed by atoms with E-state index in [0.29, 0.717) is 12.4 Å². The highest BCUT2D eigenvalue weighted by Gasteiger charge is 2.18. The van der Waals surface area contributed by atoms with Crippen LogP contribution >= 0.6 is 24.0 Å². The Labute approximate surface area is 146 Å². The Morgan fingerprint density at radius 1 is 1.39 bits per heavy atom. The van der Waals surface area contributed by atoms with Crippen molar-refractivity contribution in [1.82, 2.24) is 20.1 Å². The summed E-state index contributed by atoms with van der Waals surface area (Å²) in [6.45, 7) is 7.81. The normalized spacial score (nSPS) is 11.0. The van der Waals surface area contributed by atoms with Crippen LogP contribution in [0.1, 0.15) is 35.7 Å². The average molecular weight is 358 g/mol. The number of aryl methyl sites for hydroxylation is 2. The largest absolute Gasteiger partial charge is 0.349 e. The Kier molecular flexibility index (Phi) is 6.16. The second kappa shape index (κ2) is 7.29. The Morgan fingerprint density at radius 3 is 2.57 bits per heavy atom. The Morgan fingerprint density at radius 2 is 2.04 bits per heavy atom. The van der Waals surface area contributed by atoms with Gasteiger partial charge >= 0.3 is 0 Å². The van der Waals surface area contributed by atoms with Crippen LogP contribution in [0.2, 0.25) is 5.02 Å². The van der Waals surface area contributed by atoms with Gasteiger partial charge in [-0.25, -0.2) is 9.67 Å². The van der Waals surface area contributed by atoms with E-state index in [0.717, 1.165) is 11.4 Å². The van der Waals surface area contributed by atoms with E-state index in [1.807, 2.05) is 33.8 Å². The molecule has 0 aromatic carbocycles. The molecule has 2 aromatic rings. The molecule has 0 aliphatic carbocycles. The smallest absolute Gasteiger partial charge is 0.271 e. The van der Waals surface area contributed by atoms with Crippen molar-refractivity contribution in [3.05, 3.63) is 40.3 Å². The van der Waals surface area contributed by atoms with Gasteiger partial charge in [-0.1, -0.05) is 11.6 Å². The van der Waals surface area contributed by atoms with Crippen molar-refractivity contribution >= 4 is 29.9 Å². The number of nitrogens with zero attached hydrogens (tertiary/aromatic N) is 3. The van der Waals surface area contributed by atoms with Crippen LogP contribution in [0.15, 0.2) is 18.2 Å². The predicted molar refractivity (Wildman–Crippen MR) is 93.7 cm³/mol. The monoisotopic (exact) mass is 357 g/mol. The average Bonchev–Trinajstić information content (AvgIpc) is 2.75. The predicted octanol–water partition coefficient (Wildman–Crippen LogP) is 2.43. The number of carbonyl (C=O) groups is 1. The third-order valence-electron chi connectivity index (χ3n) is 2.98. The second-order valence-corrected chi connectivity index (χ2v) is 6.42. The number of hydrogen-bond donors (Lipinski definition) is 2. The van der Waals surface area contributed by atoms with Crippen molar-refractivity contribution in [2.75, 3.05) is 6.54 Å². The maximum absolute atomic E-state index is 12.2. The van der Waals surface area contributed by atoms with Crippen molar-refractivity contribution in [3.63, 3.8) is 0 Å². The molecule has 6 nitrogen and oxygen atoms in total. The number of rotatable bonds is 4. The molecule has 8 heteroatoms. The van der Waals surface area contributed by atoms with Crippen LogP contribution < -0.4 is 11.1 Å². The third-order valence-corrected chi connectivity index (χ3v) is 3.28. The Hall–Kier alpha value is -1.63. The Balaban J connectivity index is 0.00000264. The van der Waals surface area contributed by atoms with Gasteiger partial charge in [-0.15, -0.1) is 12.4 Å². The van der Waals surface area contributed by atoms with Gasteiger partial charge in [0.25, 0.3) is 5.91 Å². The number of nitrogens with one attached hydrogen (secondary N) is 1. The molecule has 0 saturated heterocycles. The van der Waals surface area contributed by atoms with Crippen LogP contribution in [-0.2, 0) is 0 Å². The van der Waals surface area contributed by atoms with Crippen molar-refractivity contribution in [2.24, 2.45) is 5.73 Å². The summed E-state index contributed by atoms with van der Waals surface area (Å²) in [4.78, 5) is 16.6. The third kappa shape index (κ3) is 4.92. The minimum absolute atomic E-state index is 0. The van der Waals surface area contributed by atoms with Gasteiger partial charge in [-0.2, -0.15) is 5.10 Å². The lowest BCUT2D eigenvalue weighted by Crippen LogP contribution is -2.45. The molecule has 0 aliphatic rings. The summed E-state index contributed by atoms with van der Waals surface area (Å²) in [5.74, 6) is 0.194. The fourth-order valence-corrected chi connectivity index (χ4v) is 2.15. The molecule has 126 valence electrons. The fourth-order valence-electron chi connectivity index (χ4n) is 1.96. The quantitative estimate of drug-likeness (QED) is 0.879. The zero-order valence-electron chi connectivity index (χ0n) is 13.6. The first kappa shape index (κ1) is 19.4. The highest BCUT2D eigenvalue weighted by Crippen LogP contribution is 2.17. The fraction of sp³-hybridized carbons (Fsp3) is 0.400. The van der Waals surface area contributed by atoms with Crippen LogP contribution in [0.25, 0.3) is 5.82 Å². The molecule has 1 amide bonds. The standard InChI is InChI=1S/C15H20ClN5O.ClH/c1-9-7-10(2)21(20-9)12-6-5-11(16)13(19-12)14(22)18-8-15(3,4)17;/h5-7H,8,17H2,1-4H3,(H,18,22);1H. The van der Waals surface area contributed by atoms with E-state index in [2.05, 4.69) is 15.4 Å². The minimum Gasteiger partial charge on any atom is -0.349 e. The molecule has 0 radical (unpaired) electrons. The van der Waals surface area contributed by atoms with Crippen molar-refractivity contribution in [1.29, 1.82) is 0 Å². The lowest BCUT2D eigenvalue weighted by atomic mass is 10.1. The van der Waals surface area contributed by atoms with E-state index in [-0.39, 0.29) is 29.0 Å². The second-order valence-electron chi connectivity index (χ2n) is 6.01. The van der Waals surface area contributed by atoms with Gasteiger partial charge in [0.2, 0.25) is 0 Å². The molecule has 2 heterocycles. The van der Waals surface area contributed by atoms with Crippen LogP contribution in [0.3, 0.4) is 0 Å². The molecular weight excluding hydrogens is 337 g/mol. The van der Waals surface area contributed by atoms with Gasteiger partial charge in [0, 0.05) is 17.8 Å². The summed E-state index contributed by atoms with van der Waals surface area (Å²) in [5.41, 5.74) is 7.33. The lowest BCUT2D eigenvalue weighted by molar-refractivity contribution is 0.0941. The number of aromatic nitrogens is 3. The van der Waals surface area contributed by atoms with E-state index in [9.17, 15) is 4.79 Å². The van der Waals surface area contributed by atoms with Crippen molar-refractivity contribution < 1.29 is 4.79 Å². The summed E-state index contributed by atoms with van der Waals surface area (Å²) < 4.78 is 1.68. The van der Waals surface area contributed by atoms with Crippen molar-refractivity contribution in [3.8, 4) is 5.82 Å². The molecule has 2 rings (SSSR count). The van der Waals surface area contributed by atoms with E-state index < -0.39 is 5.54 Å². The summed E-state index contributed by atoms with van der Waals surface area (Å²) in [7, 11) is 0. The van der Waals surface area contributed by atoms with Gasteiger partial charge < -0.3 is 11.1 Å². The molecular formula is C15H21Cl2N5O. The molecule has 0 spiro atoms. The molecule has 23 heavy (non-hydrogen) atoms. The van der Waals surface area contributed by atoms with Gasteiger partial charge in [-0.3, -0.25) is 4.79 Å². The van der Waals surface area contributed by atoms with Crippen molar-refractivity contribution in [2.45, 2.75) is 33.2 Å². The van der Waals surface area contributed by atoms with Crippen LogP contribution in [-0.4, -0.2) is 32.8 Å². The van der Waals surface area contributed by atoms with E-state index in [1.165, 1.54) is 0 Å². The van der Waals surface area contributed by atoms with Gasteiger partial charge in [0.05, 0.1) is 10.7 Å². The van der Waals surface area contributed by atoms with Gasteiger partial charge in [0.15, 0.2) is 5.82 Å². The SMILES string of the molecule is Cc1cc(C)n(-c2ccc(Cl)c(C(=O)NCC(C)(C)N)n2)n1.Cl. The number of carbonyl (C=O) groups excluding carboxylic acids is 1. The van der Waals surface area contributed by atoms with Crippen LogP contribution in [0.4, 0.5) is 0 Å². The number of amides is 1. The van der Waals surface area contributed by atoms with E-state index in [4.69, 9.17) is 17.3 Å². The maximum atomic E-state index is 12.2. The lowest BCUT2D eigenvalue weighted by Gasteiger charge is -2.19. The zero-order valence-corrected chi connectivity index (χ0v) is 15.1. The van der Waals surface area contributed by atoms with Crippen LogP contribution in [0.5, 0.6) is 0 Å².